The minimum Gasteiger partial charge on any atom is -0.291 e. The van der Waals surface area contributed by atoms with Gasteiger partial charge < -0.3 is 0 Å². The first kappa shape index (κ1) is 27.4. The van der Waals surface area contributed by atoms with Crippen LogP contribution in [-0.2, 0) is 39.3 Å². The molecule has 0 radical (unpaired) electrons. The number of rotatable bonds is 4. The molecule has 0 fully saturated rings. The number of hydrogen-bond acceptors (Lipinski definition) is 5. The molecule has 6 aromatic rings. The van der Waals surface area contributed by atoms with E-state index < -0.39 is 0 Å². The van der Waals surface area contributed by atoms with Gasteiger partial charge >= 0.3 is 0 Å². The summed E-state index contributed by atoms with van der Waals surface area (Å²) < 4.78 is 9.41. The van der Waals surface area contributed by atoms with Gasteiger partial charge in [0.25, 0.3) is 0 Å². The summed E-state index contributed by atoms with van der Waals surface area (Å²) in [5.74, 6) is 0. The van der Waals surface area contributed by atoms with Crippen LogP contribution in [0.5, 0.6) is 0 Å². The van der Waals surface area contributed by atoms with Crippen LogP contribution in [0.2, 0.25) is 0 Å². The Morgan fingerprint density at radius 3 is 1.09 bits per heavy atom. The van der Waals surface area contributed by atoms with Crippen LogP contribution in [-0.4, -0.2) is 18.5 Å². The Kier molecular flexibility index (Phi) is 8.19. The molecule has 5 aromatic carbocycles. The van der Waals surface area contributed by atoms with E-state index in [1.165, 1.54) is 45.1 Å². The van der Waals surface area contributed by atoms with Crippen LogP contribution in [0.1, 0.15) is 33.4 Å². The van der Waals surface area contributed by atoms with Gasteiger partial charge in [-0.15, -0.1) is 0 Å². The number of aromatic nitrogens is 2. The van der Waals surface area contributed by atoms with Gasteiger partial charge in [-0.05, 0) is 33.4 Å². The number of nitrogens with zero attached hydrogens (tertiary/aromatic N) is 4. The van der Waals surface area contributed by atoms with Crippen LogP contribution in [0.15, 0.2) is 133 Å². The molecule has 5 heterocycles. The lowest BCUT2D eigenvalue weighted by molar-refractivity contribution is 0.245. The Balaban J connectivity index is 1.25. The van der Waals surface area contributed by atoms with Crippen molar-refractivity contribution in [1.29, 1.82) is 0 Å². The first-order chi connectivity index (χ1) is 21.2. The maximum Gasteiger partial charge on any atom is 0.112 e. The van der Waals surface area contributed by atoms with E-state index in [1.807, 2.05) is 0 Å². The van der Waals surface area contributed by atoms with E-state index >= 15 is 0 Å². The summed E-state index contributed by atoms with van der Waals surface area (Å²) in [5.41, 5.74) is 12.0. The highest BCUT2D eigenvalue weighted by atomic mass is 32.1. The second kappa shape index (κ2) is 12.8. The first-order valence-electron chi connectivity index (χ1n) is 14.9. The van der Waals surface area contributed by atoms with Crippen molar-refractivity contribution in [3.8, 4) is 22.5 Å². The third kappa shape index (κ3) is 6.81. The fraction of sp³-hybridized carbons (Fsp3) is 0.158. The van der Waals surface area contributed by atoms with Gasteiger partial charge in [-0.25, -0.2) is 0 Å². The quantitative estimate of drug-likeness (QED) is 0.210. The Hall–Kier alpha value is -4.42. The van der Waals surface area contributed by atoms with Crippen LogP contribution in [0.25, 0.3) is 22.5 Å². The normalized spacial score (nSPS) is 14.1. The molecule has 1 aromatic heterocycles. The van der Waals surface area contributed by atoms with E-state index in [9.17, 15) is 0 Å². The van der Waals surface area contributed by atoms with E-state index in [0.29, 0.717) is 0 Å². The van der Waals surface area contributed by atoms with Crippen molar-refractivity contribution >= 4 is 11.7 Å². The van der Waals surface area contributed by atoms with Gasteiger partial charge in [0, 0.05) is 50.4 Å². The molecule has 0 saturated carbocycles. The van der Waals surface area contributed by atoms with Crippen molar-refractivity contribution in [2.75, 3.05) is 0 Å². The molecular formula is C38H34N4S. The molecule has 4 nitrogen and oxygen atoms in total. The molecule has 212 valence electrons. The van der Waals surface area contributed by atoms with Gasteiger partial charge in [-0.1, -0.05) is 133 Å². The molecule has 4 aliphatic rings. The van der Waals surface area contributed by atoms with Gasteiger partial charge in [-0.2, -0.15) is 8.75 Å². The topological polar surface area (TPSA) is 32.3 Å². The maximum atomic E-state index is 4.70. The zero-order chi connectivity index (χ0) is 28.8. The van der Waals surface area contributed by atoms with E-state index in [0.717, 1.165) is 61.8 Å². The van der Waals surface area contributed by atoms with Crippen LogP contribution >= 0.6 is 11.7 Å². The zero-order valence-electron chi connectivity index (χ0n) is 24.1. The molecule has 0 saturated heterocycles. The van der Waals surface area contributed by atoms with Gasteiger partial charge in [0.15, 0.2) is 0 Å². The second-order valence-corrected chi connectivity index (χ2v) is 12.0. The highest BCUT2D eigenvalue weighted by Gasteiger charge is 2.16. The molecule has 10 rings (SSSR count). The third-order valence-corrected chi connectivity index (χ3v) is 8.62. The van der Waals surface area contributed by atoms with E-state index in [-0.39, 0.29) is 0 Å². The summed E-state index contributed by atoms with van der Waals surface area (Å²) in [7, 11) is 0. The fourth-order valence-electron chi connectivity index (χ4n) is 5.90. The number of hydrogen-bond donors (Lipinski definition) is 0. The molecule has 0 amide bonds. The molecule has 0 aliphatic carbocycles. The summed E-state index contributed by atoms with van der Waals surface area (Å²) in [6.45, 7) is 5.29. The van der Waals surface area contributed by atoms with Crippen LogP contribution in [0, 0.1) is 0 Å². The van der Waals surface area contributed by atoms with Crippen LogP contribution < -0.4 is 0 Å². The van der Waals surface area contributed by atoms with Crippen molar-refractivity contribution in [3.63, 3.8) is 0 Å². The fourth-order valence-corrected chi connectivity index (χ4v) is 6.49. The summed E-state index contributed by atoms with van der Waals surface area (Å²) in [6.07, 6.45) is 0. The van der Waals surface area contributed by atoms with E-state index in [1.54, 1.807) is 0 Å². The molecular weight excluding hydrogens is 545 g/mol. The molecule has 0 atom stereocenters. The van der Waals surface area contributed by atoms with E-state index in [2.05, 4.69) is 143 Å². The Morgan fingerprint density at radius 1 is 0.419 bits per heavy atom. The van der Waals surface area contributed by atoms with Gasteiger partial charge in [0.1, 0.15) is 11.4 Å². The molecule has 43 heavy (non-hydrogen) atoms. The van der Waals surface area contributed by atoms with Gasteiger partial charge in [0.2, 0.25) is 0 Å². The average Bonchev–Trinajstić information content (AvgIpc) is 3.53. The average molecular weight is 579 g/mol. The lowest BCUT2D eigenvalue weighted by Gasteiger charge is -2.24. The predicted molar refractivity (Wildman–Crippen MR) is 176 cm³/mol. The number of benzene rings is 5. The van der Waals surface area contributed by atoms with E-state index in [4.69, 9.17) is 8.75 Å². The highest BCUT2D eigenvalue weighted by Crippen LogP contribution is 2.31. The predicted octanol–water partition coefficient (Wildman–Crippen LogP) is 8.59. The lowest BCUT2D eigenvalue weighted by Crippen LogP contribution is -2.23. The van der Waals surface area contributed by atoms with Crippen molar-refractivity contribution in [2.24, 2.45) is 0 Å². The number of fused-ring (bicyclic) bond motifs is 3. The first-order valence-corrected chi connectivity index (χ1v) is 15.6. The van der Waals surface area contributed by atoms with Gasteiger partial charge in [-0.3, -0.25) is 9.80 Å². The summed E-state index contributed by atoms with van der Waals surface area (Å²) in [5, 5.41) is 0. The monoisotopic (exact) mass is 578 g/mol. The highest BCUT2D eigenvalue weighted by molar-refractivity contribution is 6.99. The third-order valence-electron chi connectivity index (χ3n) is 8.09. The van der Waals surface area contributed by atoms with Gasteiger partial charge in [0.05, 0.1) is 11.7 Å². The molecule has 0 unspecified atom stereocenters. The Bertz CT molecular complexity index is 1620. The molecule has 6 bridgehead atoms. The Labute approximate surface area is 258 Å². The van der Waals surface area contributed by atoms with Crippen molar-refractivity contribution in [2.45, 2.75) is 39.3 Å². The second-order valence-electron chi connectivity index (χ2n) is 11.4. The van der Waals surface area contributed by atoms with Crippen molar-refractivity contribution in [3.05, 3.63) is 167 Å². The minimum atomic E-state index is 0.866. The SMILES string of the molecule is c1ccc(CN2Cc3ccc(cc3)CN(Cc3ccccc3)Cc3ccc(cc3)-c3nsnc3-c3ccc(cc3)C2)cc1. The molecule has 5 heteroatoms. The van der Waals surface area contributed by atoms with Crippen molar-refractivity contribution < 1.29 is 0 Å². The Morgan fingerprint density at radius 2 is 0.744 bits per heavy atom. The summed E-state index contributed by atoms with van der Waals surface area (Å²) in [6, 6.07) is 48.5. The van der Waals surface area contributed by atoms with Crippen LogP contribution in [0.3, 0.4) is 0 Å². The molecule has 0 spiro atoms. The summed E-state index contributed by atoms with van der Waals surface area (Å²) in [4.78, 5) is 5.05. The lowest BCUT2D eigenvalue weighted by atomic mass is 10.0. The zero-order valence-corrected chi connectivity index (χ0v) is 25.0. The molecule has 4 aliphatic heterocycles. The minimum absolute atomic E-state index is 0.866. The van der Waals surface area contributed by atoms with Crippen molar-refractivity contribution in [1.82, 2.24) is 18.5 Å². The molecule has 0 N–H and O–H groups in total. The summed E-state index contributed by atoms with van der Waals surface area (Å²) >= 11 is 1.28. The standard InChI is InChI=1S/C38H34N4S/c1-3-7-29(8-4-1)23-41-25-31-11-13-32(14-12-31)26-42(24-30-9-5-2-6-10-30)28-34-17-21-36(22-18-34)38-37(39-43-40-38)35-19-15-33(27-41)16-20-35/h1-22H,23-28H2. The van der Waals surface area contributed by atoms with Crippen LogP contribution in [0.4, 0.5) is 0 Å². The smallest absolute Gasteiger partial charge is 0.112 e. The maximum absolute atomic E-state index is 4.70. The largest absolute Gasteiger partial charge is 0.291 e.